The van der Waals surface area contributed by atoms with Crippen LogP contribution in [0.3, 0.4) is 0 Å². The summed E-state index contributed by atoms with van der Waals surface area (Å²) in [6, 6.07) is 0.695. The van der Waals surface area contributed by atoms with E-state index < -0.39 is 0 Å². The summed E-state index contributed by atoms with van der Waals surface area (Å²) < 4.78 is 0. The minimum atomic E-state index is -0.0626. The highest BCUT2D eigenvalue weighted by Crippen LogP contribution is 2.01. The molecule has 0 saturated heterocycles. The fraction of sp³-hybridized carbons (Fsp3) is 0.917. The summed E-state index contributed by atoms with van der Waals surface area (Å²) in [6.45, 7) is 12.9. The van der Waals surface area contributed by atoms with Gasteiger partial charge in [0.15, 0.2) is 5.78 Å². The number of nitrogens with one attached hydrogen (secondary N) is 2. The Morgan fingerprint density at radius 3 is 1.87 bits per heavy atom. The Labute approximate surface area is 94.0 Å². The van der Waals surface area contributed by atoms with Crippen LogP contribution < -0.4 is 10.6 Å². The summed E-state index contributed by atoms with van der Waals surface area (Å²) in [5.41, 5.74) is 0. The fourth-order valence-electron chi connectivity index (χ4n) is 1.40. The van der Waals surface area contributed by atoms with Crippen LogP contribution in [-0.2, 0) is 4.79 Å². The van der Waals surface area contributed by atoms with Crippen molar-refractivity contribution in [3.63, 3.8) is 0 Å². The Morgan fingerprint density at radius 1 is 1.00 bits per heavy atom. The predicted octanol–water partition coefficient (Wildman–Crippen LogP) is 1.58. The molecule has 0 aliphatic heterocycles. The lowest BCUT2D eigenvalue weighted by atomic mass is 10.0. The van der Waals surface area contributed by atoms with Gasteiger partial charge in [-0.1, -0.05) is 41.5 Å². The monoisotopic (exact) mass is 214 g/mol. The number of hydrogen-bond donors (Lipinski definition) is 2. The Kier molecular flexibility index (Phi) is 6.77. The minimum Gasteiger partial charge on any atom is -0.313 e. The molecule has 0 fully saturated rings. The van der Waals surface area contributed by atoms with Gasteiger partial charge in [0.2, 0.25) is 0 Å². The summed E-state index contributed by atoms with van der Waals surface area (Å²) in [6.07, 6.45) is 0. The normalized spacial score (nSPS) is 13.9. The maximum Gasteiger partial charge on any atom is 0.153 e. The van der Waals surface area contributed by atoms with Gasteiger partial charge in [-0.15, -0.1) is 0 Å². The zero-order valence-corrected chi connectivity index (χ0v) is 10.9. The lowest BCUT2D eigenvalue weighted by molar-refractivity contribution is -0.124. The van der Waals surface area contributed by atoms with E-state index in [2.05, 4.69) is 38.3 Å². The first kappa shape index (κ1) is 14.6. The van der Waals surface area contributed by atoms with Crippen molar-refractivity contribution in [1.29, 1.82) is 0 Å². The predicted molar refractivity (Wildman–Crippen MR) is 65.0 cm³/mol. The standard InChI is InChI=1S/C12H26N2O/c1-8(2)12(15)11(14-10(5)6)7-13-9(3)4/h8-11,13-14H,7H2,1-6H3. The number of rotatable bonds is 7. The second-order valence-electron chi connectivity index (χ2n) is 4.99. The first-order valence-electron chi connectivity index (χ1n) is 5.87. The highest BCUT2D eigenvalue weighted by atomic mass is 16.1. The SMILES string of the molecule is CC(C)NCC(NC(C)C)C(=O)C(C)C. The van der Waals surface area contributed by atoms with Gasteiger partial charge >= 0.3 is 0 Å². The molecule has 3 nitrogen and oxygen atoms in total. The molecule has 3 heteroatoms. The van der Waals surface area contributed by atoms with Crippen molar-refractivity contribution >= 4 is 5.78 Å². The van der Waals surface area contributed by atoms with E-state index in [4.69, 9.17) is 0 Å². The van der Waals surface area contributed by atoms with Gasteiger partial charge in [-0.05, 0) is 0 Å². The quantitative estimate of drug-likeness (QED) is 0.676. The van der Waals surface area contributed by atoms with Crippen LogP contribution in [0.5, 0.6) is 0 Å². The Morgan fingerprint density at radius 2 is 1.53 bits per heavy atom. The van der Waals surface area contributed by atoms with Crippen molar-refractivity contribution in [3.8, 4) is 0 Å². The van der Waals surface area contributed by atoms with Crippen LogP contribution in [0.1, 0.15) is 41.5 Å². The molecule has 1 unspecified atom stereocenters. The van der Waals surface area contributed by atoms with E-state index >= 15 is 0 Å². The molecule has 90 valence electrons. The highest BCUT2D eigenvalue weighted by Gasteiger charge is 2.21. The summed E-state index contributed by atoms with van der Waals surface area (Å²) in [5, 5.41) is 6.61. The van der Waals surface area contributed by atoms with Gasteiger partial charge < -0.3 is 10.6 Å². The Hall–Kier alpha value is -0.410. The molecule has 2 N–H and O–H groups in total. The van der Waals surface area contributed by atoms with Crippen LogP contribution in [0, 0.1) is 5.92 Å². The van der Waals surface area contributed by atoms with Crippen LogP contribution in [0.4, 0.5) is 0 Å². The van der Waals surface area contributed by atoms with E-state index in [0.717, 1.165) is 0 Å². The smallest absolute Gasteiger partial charge is 0.153 e. The molecule has 0 rings (SSSR count). The molecule has 0 saturated carbocycles. The number of hydrogen-bond acceptors (Lipinski definition) is 3. The molecule has 0 aromatic carbocycles. The van der Waals surface area contributed by atoms with Crippen LogP contribution in [0.2, 0.25) is 0 Å². The Balaban J connectivity index is 4.24. The lowest BCUT2D eigenvalue weighted by Gasteiger charge is -2.23. The van der Waals surface area contributed by atoms with Gasteiger partial charge in [-0.2, -0.15) is 0 Å². The van der Waals surface area contributed by atoms with Crippen molar-refractivity contribution in [1.82, 2.24) is 10.6 Å². The molecule has 1 atom stereocenters. The van der Waals surface area contributed by atoms with E-state index in [0.29, 0.717) is 18.6 Å². The van der Waals surface area contributed by atoms with Gasteiger partial charge in [0.1, 0.15) is 0 Å². The largest absolute Gasteiger partial charge is 0.313 e. The van der Waals surface area contributed by atoms with E-state index in [1.165, 1.54) is 0 Å². The first-order chi connectivity index (χ1) is 6.84. The van der Waals surface area contributed by atoms with Gasteiger partial charge in [-0.3, -0.25) is 4.79 Å². The van der Waals surface area contributed by atoms with Gasteiger partial charge in [0.05, 0.1) is 6.04 Å². The number of Topliss-reactive ketones (excluding diaryl/α,β-unsaturated/α-hetero) is 1. The molecule has 0 radical (unpaired) electrons. The Bertz CT molecular complexity index is 188. The number of carbonyl (C=O) groups is 1. The van der Waals surface area contributed by atoms with Crippen molar-refractivity contribution in [2.24, 2.45) is 5.92 Å². The zero-order chi connectivity index (χ0) is 12.0. The minimum absolute atomic E-state index is 0.0626. The second kappa shape index (κ2) is 6.96. The molecule has 0 heterocycles. The molecule has 0 aromatic heterocycles. The lowest BCUT2D eigenvalue weighted by Crippen LogP contribution is -2.49. The van der Waals surface area contributed by atoms with Crippen LogP contribution in [-0.4, -0.2) is 30.5 Å². The van der Waals surface area contributed by atoms with E-state index in [9.17, 15) is 4.79 Å². The maximum absolute atomic E-state index is 11.9. The third-order valence-electron chi connectivity index (χ3n) is 2.18. The number of carbonyl (C=O) groups excluding carboxylic acids is 1. The van der Waals surface area contributed by atoms with Crippen molar-refractivity contribution in [3.05, 3.63) is 0 Å². The molecule has 0 amide bonds. The molecule has 0 bridgehead atoms. The van der Waals surface area contributed by atoms with Crippen LogP contribution >= 0.6 is 0 Å². The first-order valence-corrected chi connectivity index (χ1v) is 5.87. The van der Waals surface area contributed by atoms with Crippen molar-refractivity contribution < 1.29 is 4.79 Å². The van der Waals surface area contributed by atoms with Crippen molar-refractivity contribution in [2.45, 2.75) is 59.7 Å². The zero-order valence-electron chi connectivity index (χ0n) is 10.9. The summed E-state index contributed by atoms with van der Waals surface area (Å²) >= 11 is 0. The van der Waals surface area contributed by atoms with Crippen LogP contribution in [0.25, 0.3) is 0 Å². The van der Waals surface area contributed by atoms with Gasteiger partial charge in [0, 0.05) is 24.5 Å². The summed E-state index contributed by atoms with van der Waals surface area (Å²) in [4.78, 5) is 11.9. The van der Waals surface area contributed by atoms with Gasteiger partial charge in [-0.25, -0.2) is 0 Å². The van der Waals surface area contributed by atoms with E-state index in [-0.39, 0.29) is 17.7 Å². The summed E-state index contributed by atoms with van der Waals surface area (Å²) in [7, 11) is 0. The molecule has 0 aromatic rings. The molecule has 15 heavy (non-hydrogen) atoms. The molecule has 0 spiro atoms. The average molecular weight is 214 g/mol. The summed E-state index contributed by atoms with van der Waals surface area (Å²) in [5.74, 6) is 0.382. The van der Waals surface area contributed by atoms with Crippen LogP contribution in [0.15, 0.2) is 0 Å². The molecular weight excluding hydrogens is 188 g/mol. The average Bonchev–Trinajstić information content (AvgIpc) is 2.10. The van der Waals surface area contributed by atoms with Crippen molar-refractivity contribution in [2.75, 3.05) is 6.54 Å². The van der Waals surface area contributed by atoms with E-state index in [1.807, 2.05) is 13.8 Å². The molecule has 0 aliphatic carbocycles. The third-order valence-corrected chi connectivity index (χ3v) is 2.18. The molecule has 0 aliphatic rings. The molecular formula is C12H26N2O. The highest BCUT2D eigenvalue weighted by molar-refractivity contribution is 5.86. The maximum atomic E-state index is 11.9. The topological polar surface area (TPSA) is 41.1 Å². The third kappa shape index (κ3) is 6.63. The number of ketones is 1. The second-order valence-corrected chi connectivity index (χ2v) is 4.99. The fourth-order valence-corrected chi connectivity index (χ4v) is 1.40. The van der Waals surface area contributed by atoms with E-state index in [1.54, 1.807) is 0 Å². The van der Waals surface area contributed by atoms with Gasteiger partial charge in [0.25, 0.3) is 0 Å².